The summed E-state index contributed by atoms with van der Waals surface area (Å²) in [5.74, 6) is 0.844. The van der Waals surface area contributed by atoms with Gasteiger partial charge in [-0.3, -0.25) is 9.59 Å². The number of carbonyl (C=O) groups excluding carboxylic acids is 2. The van der Waals surface area contributed by atoms with Crippen molar-refractivity contribution in [3.8, 4) is 12.3 Å². The average molecular weight is 345 g/mol. The molecule has 0 unspecified atom stereocenters. The van der Waals surface area contributed by atoms with Gasteiger partial charge in [0, 0.05) is 10.6 Å². The lowest BCUT2D eigenvalue weighted by molar-refractivity contribution is -0.115. The Balaban J connectivity index is 2.15. The van der Waals surface area contributed by atoms with Crippen molar-refractivity contribution < 1.29 is 14.0 Å². The molecule has 0 aromatic heterocycles. The fourth-order valence-electron chi connectivity index (χ4n) is 2.07. The third-order valence-electron chi connectivity index (χ3n) is 3.20. The third-order valence-corrected chi connectivity index (χ3v) is 3.55. The van der Waals surface area contributed by atoms with Gasteiger partial charge in [0.1, 0.15) is 5.82 Å². The third kappa shape index (κ3) is 4.34. The van der Waals surface area contributed by atoms with Crippen LogP contribution in [-0.2, 0) is 11.2 Å². The number of nitrogens with one attached hydrogen (secondary N) is 2. The Morgan fingerprint density at radius 2 is 1.92 bits per heavy atom. The maximum absolute atomic E-state index is 13.7. The molecule has 2 aromatic carbocycles. The molecule has 0 heterocycles. The highest BCUT2D eigenvalue weighted by molar-refractivity contribution is 6.31. The SMILES string of the molecule is C#CCNC(=O)c1ccccc1NC(=O)Cc1c(F)cccc1Cl. The molecule has 122 valence electrons. The van der Waals surface area contributed by atoms with Crippen molar-refractivity contribution in [3.63, 3.8) is 0 Å². The topological polar surface area (TPSA) is 58.2 Å². The van der Waals surface area contributed by atoms with Crippen molar-refractivity contribution in [2.75, 3.05) is 11.9 Å². The van der Waals surface area contributed by atoms with Gasteiger partial charge < -0.3 is 10.6 Å². The largest absolute Gasteiger partial charge is 0.341 e. The highest BCUT2D eigenvalue weighted by Gasteiger charge is 2.15. The molecule has 0 atom stereocenters. The lowest BCUT2D eigenvalue weighted by atomic mass is 10.1. The first-order valence-electron chi connectivity index (χ1n) is 7.06. The number of carbonyl (C=O) groups is 2. The normalized spacial score (nSPS) is 9.88. The summed E-state index contributed by atoms with van der Waals surface area (Å²) in [6, 6.07) is 10.7. The van der Waals surface area contributed by atoms with Crippen LogP contribution in [0.3, 0.4) is 0 Å². The van der Waals surface area contributed by atoms with E-state index in [2.05, 4.69) is 16.6 Å². The number of amides is 2. The van der Waals surface area contributed by atoms with Crippen molar-refractivity contribution in [1.29, 1.82) is 0 Å². The molecule has 6 heteroatoms. The smallest absolute Gasteiger partial charge is 0.254 e. The number of halogens is 2. The van der Waals surface area contributed by atoms with E-state index >= 15 is 0 Å². The van der Waals surface area contributed by atoms with Crippen LogP contribution < -0.4 is 10.6 Å². The molecule has 0 aliphatic carbocycles. The van der Waals surface area contributed by atoms with E-state index in [-0.39, 0.29) is 29.1 Å². The molecule has 2 rings (SSSR count). The van der Waals surface area contributed by atoms with Crippen LogP contribution >= 0.6 is 11.6 Å². The standard InChI is InChI=1S/C18H14ClFN2O2/c1-2-10-21-18(24)12-6-3-4-9-16(12)22-17(23)11-13-14(19)7-5-8-15(13)20/h1,3-9H,10-11H2,(H,21,24)(H,22,23). The Labute approximate surface area is 144 Å². The van der Waals surface area contributed by atoms with Crippen molar-refractivity contribution in [2.45, 2.75) is 6.42 Å². The van der Waals surface area contributed by atoms with Gasteiger partial charge in [0.05, 0.1) is 24.2 Å². The summed E-state index contributed by atoms with van der Waals surface area (Å²) < 4.78 is 13.7. The maximum Gasteiger partial charge on any atom is 0.254 e. The van der Waals surface area contributed by atoms with Crippen LogP contribution in [0.15, 0.2) is 42.5 Å². The lowest BCUT2D eigenvalue weighted by Crippen LogP contribution is -2.25. The van der Waals surface area contributed by atoms with Crippen LogP contribution in [0.2, 0.25) is 5.02 Å². The summed E-state index contributed by atoms with van der Waals surface area (Å²) in [6.45, 7) is 0.0753. The summed E-state index contributed by atoms with van der Waals surface area (Å²) in [5, 5.41) is 5.29. The van der Waals surface area contributed by atoms with E-state index < -0.39 is 17.6 Å². The van der Waals surface area contributed by atoms with E-state index in [9.17, 15) is 14.0 Å². The zero-order chi connectivity index (χ0) is 17.5. The maximum atomic E-state index is 13.7. The second-order valence-electron chi connectivity index (χ2n) is 4.86. The molecule has 2 aromatic rings. The molecule has 2 N–H and O–H groups in total. The number of benzene rings is 2. The molecule has 0 aliphatic rings. The van der Waals surface area contributed by atoms with E-state index in [0.717, 1.165) is 0 Å². The number of rotatable bonds is 5. The Kier molecular flexibility index (Phi) is 5.94. The minimum absolute atomic E-state index is 0.0753. The first-order chi connectivity index (χ1) is 11.5. The molecule has 0 bridgehead atoms. The molecular formula is C18H14ClFN2O2. The Morgan fingerprint density at radius 3 is 2.62 bits per heavy atom. The summed E-state index contributed by atoms with van der Waals surface area (Å²) in [6.07, 6.45) is 4.86. The predicted octanol–water partition coefficient (Wildman–Crippen LogP) is 3.02. The van der Waals surface area contributed by atoms with Gasteiger partial charge in [0.15, 0.2) is 0 Å². The van der Waals surface area contributed by atoms with E-state index in [0.29, 0.717) is 5.69 Å². The minimum atomic E-state index is -0.558. The Hall–Kier alpha value is -2.84. The molecule has 2 amide bonds. The van der Waals surface area contributed by atoms with Gasteiger partial charge in [-0.25, -0.2) is 4.39 Å². The quantitative estimate of drug-likeness (QED) is 0.819. The highest BCUT2D eigenvalue weighted by atomic mass is 35.5. The first-order valence-corrected chi connectivity index (χ1v) is 7.44. The Bertz CT molecular complexity index is 795. The van der Waals surface area contributed by atoms with Gasteiger partial charge in [-0.2, -0.15) is 0 Å². The van der Waals surface area contributed by atoms with Crippen LogP contribution in [-0.4, -0.2) is 18.4 Å². The van der Waals surface area contributed by atoms with Gasteiger partial charge in [-0.1, -0.05) is 35.7 Å². The number of para-hydroxylation sites is 1. The summed E-state index contributed by atoms with van der Waals surface area (Å²) >= 11 is 5.91. The minimum Gasteiger partial charge on any atom is -0.341 e. The number of hydrogen-bond donors (Lipinski definition) is 2. The predicted molar refractivity (Wildman–Crippen MR) is 91.4 cm³/mol. The second-order valence-corrected chi connectivity index (χ2v) is 5.26. The summed E-state index contributed by atoms with van der Waals surface area (Å²) in [5.41, 5.74) is 0.677. The monoisotopic (exact) mass is 344 g/mol. The zero-order valence-corrected chi connectivity index (χ0v) is 13.4. The number of terminal acetylenes is 1. The first kappa shape index (κ1) is 17.5. The fourth-order valence-corrected chi connectivity index (χ4v) is 2.30. The lowest BCUT2D eigenvalue weighted by Gasteiger charge is -2.11. The number of anilines is 1. The molecule has 0 fully saturated rings. The molecule has 0 saturated carbocycles. The average Bonchev–Trinajstić information content (AvgIpc) is 2.56. The van der Waals surface area contributed by atoms with Gasteiger partial charge in [-0.05, 0) is 24.3 Å². The molecule has 0 saturated heterocycles. The van der Waals surface area contributed by atoms with Crippen LogP contribution in [0.25, 0.3) is 0 Å². The molecule has 0 spiro atoms. The van der Waals surface area contributed by atoms with E-state index in [4.69, 9.17) is 18.0 Å². The van der Waals surface area contributed by atoms with Crippen molar-refractivity contribution >= 4 is 29.1 Å². The fraction of sp³-hybridized carbons (Fsp3) is 0.111. The molecule has 4 nitrogen and oxygen atoms in total. The van der Waals surface area contributed by atoms with E-state index in [1.807, 2.05) is 0 Å². The van der Waals surface area contributed by atoms with Crippen molar-refractivity contribution in [3.05, 3.63) is 64.4 Å². The number of hydrogen-bond acceptors (Lipinski definition) is 2. The molecule has 0 aliphatic heterocycles. The van der Waals surface area contributed by atoms with Gasteiger partial charge >= 0.3 is 0 Å². The van der Waals surface area contributed by atoms with E-state index in [1.54, 1.807) is 24.3 Å². The summed E-state index contributed by atoms with van der Waals surface area (Å²) in [4.78, 5) is 24.2. The Morgan fingerprint density at radius 1 is 1.17 bits per heavy atom. The zero-order valence-electron chi connectivity index (χ0n) is 12.6. The van der Waals surface area contributed by atoms with Gasteiger partial charge in [-0.15, -0.1) is 6.42 Å². The van der Waals surface area contributed by atoms with Gasteiger partial charge in [0.25, 0.3) is 5.91 Å². The van der Waals surface area contributed by atoms with Crippen molar-refractivity contribution in [1.82, 2.24) is 5.32 Å². The molecular weight excluding hydrogens is 331 g/mol. The molecule has 24 heavy (non-hydrogen) atoms. The van der Waals surface area contributed by atoms with Gasteiger partial charge in [0.2, 0.25) is 5.91 Å². The second kappa shape index (κ2) is 8.14. The molecule has 0 radical (unpaired) electrons. The van der Waals surface area contributed by atoms with Crippen molar-refractivity contribution in [2.24, 2.45) is 0 Å². The summed E-state index contributed by atoms with van der Waals surface area (Å²) in [7, 11) is 0. The van der Waals surface area contributed by atoms with E-state index in [1.165, 1.54) is 18.2 Å². The van der Waals surface area contributed by atoms with Crippen LogP contribution in [0, 0.1) is 18.2 Å². The van der Waals surface area contributed by atoms with Crippen LogP contribution in [0.4, 0.5) is 10.1 Å². The highest BCUT2D eigenvalue weighted by Crippen LogP contribution is 2.21. The van der Waals surface area contributed by atoms with Crippen LogP contribution in [0.5, 0.6) is 0 Å². The van der Waals surface area contributed by atoms with Crippen LogP contribution in [0.1, 0.15) is 15.9 Å².